The largest absolute Gasteiger partial charge is 0.480 e. The number of aliphatic carboxylic acids is 1. The molecule has 1 saturated heterocycles. The Hall–Kier alpha value is -2.41. The van der Waals surface area contributed by atoms with Gasteiger partial charge in [0.2, 0.25) is 0 Å². The number of nitrogens with zero attached hydrogens (tertiary/aromatic N) is 3. The fraction of sp³-hybridized carbons (Fsp3) is 0.474. The maximum atomic E-state index is 14.2. The molecule has 2 aliphatic heterocycles. The van der Waals surface area contributed by atoms with E-state index in [0.29, 0.717) is 17.0 Å². The fourth-order valence-corrected chi connectivity index (χ4v) is 5.33. The maximum Gasteiger partial charge on any atom is 0.325 e. The Kier molecular flexibility index (Phi) is 5.36. The number of hydrogen-bond acceptors (Lipinski definition) is 7. The number of carboxylic acid groups (broad SMARTS) is 1. The third kappa shape index (κ3) is 3.73. The molecule has 0 aliphatic carbocycles. The highest BCUT2D eigenvalue weighted by Crippen LogP contribution is 2.41. The van der Waals surface area contributed by atoms with Crippen LogP contribution in [0.4, 0.5) is 8.78 Å². The van der Waals surface area contributed by atoms with E-state index in [1.807, 2.05) is 0 Å². The van der Waals surface area contributed by atoms with Gasteiger partial charge in [-0.25, -0.2) is 17.2 Å². The normalized spacial score (nSPS) is 26.7. The van der Waals surface area contributed by atoms with Gasteiger partial charge in [-0.15, -0.1) is 0 Å². The third-order valence-corrected chi connectivity index (χ3v) is 6.72. The summed E-state index contributed by atoms with van der Waals surface area (Å²) in [7, 11) is -3.72. The van der Waals surface area contributed by atoms with Crippen molar-refractivity contribution in [3.63, 3.8) is 0 Å². The van der Waals surface area contributed by atoms with Crippen molar-refractivity contribution in [3.05, 3.63) is 52.3 Å². The summed E-state index contributed by atoms with van der Waals surface area (Å²) >= 11 is 0. The van der Waals surface area contributed by atoms with Crippen LogP contribution in [0, 0.1) is 18.6 Å². The summed E-state index contributed by atoms with van der Waals surface area (Å²) in [6, 6.07) is 0.737. The van der Waals surface area contributed by atoms with Crippen molar-refractivity contribution in [1.29, 1.82) is 0 Å². The van der Waals surface area contributed by atoms with Crippen molar-refractivity contribution in [2.45, 2.75) is 44.1 Å². The predicted octanol–water partition coefficient (Wildman–Crippen LogP) is 1.08. The number of carbonyl (C=O) groups is 1. The lowest BCUT2D eigenvalue weighted by molar-refractivity contribution is -0.146. The van der Waals surface area contributed by atoms with E-state index in [1.165, 1.54) is 0 Å². The highest BCUT2D eigenvalue weighted by molar-refractivity contribution is 7.89. The van der Waals surface area contributed by atoms with Crippen molar-refractivity contribution in [3.8, 4) is 0 Å². The molecule has 3 heterocycles. The van der Waals surface area contributed by atoms with Crippen molar-refractivity contribution in [2.24, 2.45) is 5.73 Å². The standard InChI is InChI=1S/C19H22F2N4O5S/c1-9-16-15(25(23-9)31(2,28)29)7-24(17(16)19(26)27)11-6-14(22)18(30-8-11)12-5-10(20)3-4-13(12)21/h3-5,11,14,17-18H,6-8,22H2,1-2H3,(H,26,27)/t11-,14+,17?,18-/m1/s1. The molecular weight excluding hydrogens is 434 g/mol. The van der Waals surface area contributed by atoms with E-state index >= 15 is 0 Å². The molecule has 2 aromatic rings. The Labute approximate surface area is 177 Å². The van der Waals surface area contributed by atoms with Gasteiger partial charge in [0.05, 0.1) is 24.3 Å². The van der Waals surface area contributed by atoms with Gasteiger partial charge in [-0.2, -0.15) is 9.19 Å². The molecule has 31 heavy (non-hydrogen) atoms. The molecule has 1 fully saturated rings. The number of carboxylic acids is 1. The molecular formula is C19H22F2N4O5S. The fourth-order valence-electron chi connectivity index (χ4n) is 4.50. The van der Waals surface area contributed by atoms with E-state index in [4.69, 9.17) is 10.5 Å². The Morgan fingerprint density at radius 3 is 2.68 bits per heavy atom. The monoisotopic (exact) mass is 456 g/mol. The topological polar surface area (TPSA) is 128 Å². The lowest BCUT2D eigenvalue weighted by Crippen LogP contribution is -2.50. The van der Waals surface area contributed by atoms with Crippen LogP contribution < -0.4 is 5.73 Å². The summed E-state index contributed by atoms with van der Waals surface area (Å²) in [6.45, 7) is 1.61. The highest BCUT2D eigenvalue weighted by atomic mass is 32.2. The Balaban J connectivity index is 1.62. The highest BCUT2D eigenvalue weighted by Gasteiger charge is 2.46. The minimum atomic E-state index is -3.72. The second kappa shape index (κ2) is 7.62. The molecule has 168 valence electrons. The molecule has 4 atom stereocenters. The quantitative estimate of drug-likeness (QED) is 0.700. The van der Waals surface area contributed by atoms with Crippen LogP contribution in [-0.2, 0) is 26.1 Å². The zero-order valence-electron chi connectivity index (χ0n) is 16.8. The Morgan fingerprint density at radius 1 is 1.35 bits per heavy atom. The van der Waals surface area contributed by atoms with Crippen LogP contribution in [-0.4, -0.2) is 58.5 Å². The van der Waals surface area contributed by atoms with Gasteiger partial charge in [0.15, 0.2) is 0 Å². The molecule has 0 spiro atoms. The van der Waals surface area contributed by atoms with Crippen molar-refractivity contribution >= 4 is 16.0 Å². The van der Waals surface area contributed by atoms with Crippen LogP contribution in [0.5, 0.6) is 0 Å². The summed E-state index contributed by atoms with van der Waals surface area (Å²) in [5.41, 5.74) is 7.17. The van der Waals surface area contributed by atoms with Crippen LogP contribution in [0.15, 0.2) is 18.2 Å². The van der Waals surface area contributed by atoms with Gasteiger partial charge >= 0.3 is 5.97 Å². The van der Waals surface area contributed by atoms with Gasteiger partial charge in [0, 0.05) is 29.8 Å². The number of aryl methyl sites for hydroxylation is 1. The van der Waals surface area contributed by atoms with Crippen LogP contribution in [0.1, 0.15) is 41.1 Å². The molecule has 0 amide bonds. The maximum absolute atomic E-state index is 14.2. The van der Waals surface area contributed by atoms with Gasteiger partial charge in [-0.05, 0) is 31.5 Å². The molecule has 3 N–H and O–H groups in total. The summed E-state index contributed by atoms with van der Waals surface area (Å²) in [5, 5.41) is 13.9. The number of fused-ring (bicyclic) bond motifs is 1. The molecule has 9 nitrogen and oxygen atoms in total. The Bertz CT molecular complexity index is 1150. The summed E-state index contributed by atoms with van der Waals surface area (Å²) in [5.74, 6) is -2.40. The van der Waals surface area contributed by atoms with E-state index in [9.17, 15) is 27.1 Å². The Morgan fingerprint density at radius 2 is 2.06 bits per heavy atom. The van der Waals surface area contributed by atoms with Crippen molar-refractivity contribution in [2.75, 3.05) is 12.9 Å². The van der Waals surface area contributed by atoms with Crippen LogP contribution in [0.25, 0.3) is 0 Å². The summed E-state index contributed by atoms with van der Waals surface area (Å²) in [6.07, 6.45) is 0.365. The average molecular weight is 456 g/mol. The van der Waals surface area contributed by atoms with Crippen molar-refractivity contribution in [1.82, 2.24) is 14.1 Å². The number of benzene rings is 1. The minimum absolute atomic E-state index is 0.00834. The van der Waals surface area contributed by atoms with E-state index in [1.54, 1.807) is 11.8 Å². The summed E-state index contributed by atoms with van der Waals surface area (Å²) in [4.78, 5) is 13.7. The number of ether oxygens (including phenoxy) is 1. The smallest absolute Gasteiger partial charge is 0.325 e. The summed E-state index contributed by atoms with van der Waals surface area (Å²) < 4.78 is 58.6. The lowest BCUT2D eigenvalue weighted by atomic mass is 9.92. The van der Waals surface area contributed by atoms with Gasteiger partial charge in [-0.3, -0.25) is 9.69 Å². The first kappa shape index (κ1) is 21.8. The number of hydrogen-bond donors (Lipinski definition) is 2. The van der Waals surface area contributed by atoms with Gasteiger partial charge in [0.25, 0.3) is 10.0 Å². The molecule has 0 radical (unpaired) electrons. The molecule has 1 aromatic carbocycles. The molecule has 12 heteroatoms. The van der Waals surface area contributed by atoms with Gasteiger partial charge < -0.3 is 15.6 Å². The average Bonchev–Trinajstić information content (AvgIpc) is 3.21. The second-order valence-corrected chi connectivity index (χ2v) is 9.75. The molecule has 0 bridgehead atoms. The van der Waals surface area contributed by atoms with Crippen LogP contribution >= 0.6 is 0 Å². The van der Waals surface area contributed by atoms with Gasteiger partial charge in [-0.1, -0.05) is 0 Å². The van der Waals surface area contributed by atoms with E-state index in [0.717, 1.165) is 28.5 Å². The zero-order chi connectivity index (χ0) is 22.7. The van der Waals surface area contributed by atoms with E-state index in [2.05, 4.69) is 5.10 Å². The first-order valence-corrected chi connectivity index (χ1v) is 11.4. The van der Waals surface area contributed by atoms with Crippen molar-refractivity contribution < 1.29 is 31.8 Å². The third-order valence-electron chi connectivity index (χ3n) is 5.79. The molecule has 2 aliphatic rings. The molecule has 4 rings (SSSR count). The lowest BCUT2D eigenvalue weighted by Gasteiger charge is -2.40. The van der Waals surface area contributed by atoms with Crippen LogP contribution in [0.3, 0.4) is 0 Å². The number of halogens is 2. The first-order valence-electron chi connectivity index (χ1n) is 9.58. The molecule has 1 unspecified atom stereocenters. The van der Waals surface area contributed by atoms with Gasteiger partial charge in [0.1, 0.15) is 23.8 Å². The number of nitrogens with two attached hydrogens (primary N) is 1. The molecule has 1 aromatic heterocycles. The first-order chi connectivity index (χ1) is 14.5. The zero-order valence-corrected chi connectivity index (χ0v) is 17.6. The molecule has 0 saturated carbocycles. The van der Waals surface area contributed by atoms with Crippen LogP contribution in [0.2, 0.25) is 0 Å². The number of aromatic nitrogens is 2. The predicted molar refractivity (Wildman–Crippen MR) is 105 cm³/mol. The van der Waals surface area contributed by atoms with E-state index in [-0.39, 0.29) is 25.1 Å². The second-order valence-electron chi connectivity index (χ2n) is 7.94. The SMILES string of the molecule is Cc1nn(S(C)(=O)=O)c2c1C(C(=O)O)N([C@H]1CO[C@H](c3cc(F)ccc3F)[C@@H](N)C1)C2. The van der Waals surface area contributed by atoms with E-state index < -0.39 is 51.9 Å². The minimum Gasteiger partial charge on any atom is -0.480 e. The number of rotatable bonds is 4.